The van der Waals surface area contributed by atoms with E-state index in [1.54, 1.807) is 24.3 Å². The number of nitrogens with zero attached hydrogens (tertiary/aromatic N) is 2. The molecule has 0 aromatic heterocycles. The molecule has 2 heterocycles. The summed E-state index contributed by atoms with van der Waals surface area (Å²) in [7, 11) is -2.06. The molecule has 2 fully saturated rings. The zero-order chi connectivity index (χ0) is 21.7. The first-order chi connectivity index (χ1) is 14.3. The molecule has 1 N–H and O–H groups in total. The van der Waals surface area contributed by atoms with Crippen LogP contribution in [0.15, 0.2) is 35.2 Å². The maximum atomic E-state index is 12.5. The van der Waals surface area contributed by atoms with E-state index in [-0.39, 0.29) is 23.0 Å². The molecule has 1 aromatic rings. The summed E-state index contributed by atoms with van der Waals surface area (Å²) in [5.74, 6) is 0.631. The zero-order valence-electron chi connectivity index (χ0n) is 18.1. The quantitative estimate of drug-likeness (QED) is 0.691. The van der Waals surface area contributed by atoms with Gasteiger partial charge in [-0.05, 0) is 63.4 Å². The molecule has 0 aliphatic carbocycles. The fourth-order valence-electron chi connectivity index (χ4n) is 4.28. The van der Waals surface area contributed by atoms with Crippen LogP contribution in [-0.2, 0) is 19.6 Å². The molecule has 0 spiro atoms. The summed E-state index contributed by atoms with van der Waals surface area (Å²) in [5, 5.41) is 0. The number of nitrogens with one attached hydrogen (secondary N) is 1. The Bertz CT molecular complexity index is 836. The number of rotatable bonds is 6. The van der Waals surface area contributed by atoms with Crippen molar-refractivity contribution in [2.24, 2.45) is 5.92 Å². The maximum Gasteiger partial charge on any atom is 0.246 e. The predicted molar refractivity (Wildman–Crippen MR) is 117 cm³/mol. The van der Waals surface area contributed by atoms with Crippen LogP contribution in [0.25, 0.3) is 6.08 Å². The third-order valence-corrected chi connectivity index (χ3v) is 7.25. The van der Waals surface area contributed by atoms with Gasteiger partial charge in [-0.1, -0.05) is 12.1 Å². The third kappa shape index (κ3) is 6.14. The standard InChI is InChI=1S/C22H33N3O4S/c1-17-14-24(15-18(2)29-17)16-20-10-12-25(13-11-20)22(26)9-6-19-4-7-21(8-5-19)30(27,28)23-3/h4-9,17-18,20,23H,10-16H2,1-3H3/b9-6+. The fraction of sp³-hybridized carbons (Fsp3) is 0.591. The summed E-state index contributed by atoms with van der Waals surface area (Å²) in [6, 6.07) is 6.47. The highest BCUT2D eigenvalue weighted by molar-refractivity contribution is 7.89. The van der Waals surface area contributed by atoms with E-state index >= 15 is 0 Å². The molecule has 7 nitrogen and oxygen atoms in total. The molecule has 30 heavy (non-hydrogen) atoms. The number of piperidine rings is 1. The van der Waals surface area contributed by atoms with Gasteiger partial charge in [0.15, 0.2) is 0 Å². The van der Waals surface area contributed by atoms with Gasteiger partial charge in [-0.2, -0.15) is 0 Å². The first kappa shape index (κ1) is 22.9. The number of benzene rings is 1. The first-order valence-corrected chi connectivity index (χ1v) is 12.1. The first-order valence-electron chi connectivity index (χ1n) is 10.6. The van der Waals surface area contributed by atoms with Gasteiger partial charge in [0.1, 0.15) is 0 Å². The van der Waals surface area contributed by atoms with Crippen LogP contribution in [0.4, 0.5) is 0 Å². The molecule has 2 atom stereocenters. The molecular formula is C22H33N3O4S. The van der Waals surface area contributed by atoms with Crippen LogP contribution in [0.3, 0.4) is 0 Å². The molecule has 0 saturated carbocycles. The van der Waals surface area contributed by atoms with E-state index in [2.05, 4.69) is 23.5 Å². The Morgan fingerprint density at radius 3 is 2.30 bits per heavy atom. The Morgan fingerprint density at radius 2 is 1.73 bits per heavy atom. The van der Waals surface area contributed by atoms with E-state index in [0.29, 0.717) is 5.92 Å². The average Bonchev–Trinajstić information content (AvgIpc) is 2.72. The van der Waals surface area contributed by atoms with Crippen molar-refractivity contribution in [3.63, 3.8) is 0 Å². The molecule has 2 aliphatic rings. The van der Waals surface area contributed by atoms with Gasteiger partial charge in [0.2, 0.25) is 15.9 Å². The minimum absolute atomic E-state index is 0.00832. The van der Waals surface area contributed by atoms with Gasteiger partial charge in [0, 0.05) is 38.8 Å². The van der Waals surface area contributed by atoms with Gasteiger partial charge in [-0.3, -0.25) is 9.69 Å². The van der Waals surface area contributed by atoms with Gasteiger partial charge in [-0.25, -0.2) is 13.1 Å². The molecule has 2 unspecified atom stereocenters. The van der Waals surface area contributed by atoms with Gasteiger partial charge in [0.05, 0.1) is 17.1 Å². The molecule has 0 bridgehead atoms. The zero-order valence-corrected chi connectivity index (χ0v) is 18.9. The van der Waals surface area contributed by atoms with Crippen LogP contribution in [0.1, 0.15) is 32.3 Å². The Labute approximate surface area is 180 Å². The smallest absolute Gasteiger partial charge is 0.246 e. The lowest BCUT2D eigenvalue weighted by Gasteiger charge is -2.39. The number of morpholine rings is 1. The van der Waals surface area contributed by atoms with E-state index in [4.69, 9.17) is 4.74 Å². The van der Waals surface area contributed by atoms with Crippen molar-refractivity contribution in [2.45, 2.75) is 43.8 Å². The van der Waals surface area contributed by atoms with E-state index < -0.39 is 10.0 Å². The molecule has 3 rings (SSSR count). The molecular weight excluding hydrogens is 402 g/mol. The molecule has 8 heteroatoms. The summed E-state index contributed by atoms with van der Waals surface area (Å²) in [4.78, 5) is 17.1. The minimum Gasteiger partial charge on any atom is -0.373 e. The maximum absolute atomic E-state index is 12.5. The molecule has 1 aromatic carbocycles. The SMILES string of the molecule is CNS(=O)(=O)c1ccc(/C=C/C(=O)N2CCC(CN3CC(C)OC(C)C3)CC2)cc1. The molecule has 2 saturated heterocycles. The fourth-order valence-corrected chi connectivity index (χ4v) is 5.01. The average molecular weight is 436 g/mol. The monoisotopic (exact) mass is 435 g/mol. The van der Waals surface area contributed by atoms with E-state index in [1.165, 1.54) is 19.2 Å². The number of sulfonamides is 1. The van der Waals surface area contributed by atoms with E-state index in [9.17, 15) is 13.2 Å². The topological polar surface area (TPSA) is 79.0 Å². The third-order valence-electron chi connectivity index (χ3n) is 5.82. The number of amides is 1. The van der Waals surface area contributed by atoms with Crippen molar-refractivity contribution in [1.82, 2.24) is 14.5 Å². The van der Waals surface area contributed by atoms with E-state index in [0.717, 1.165) is 51.1 Å². The van der Waals surface area contributed by atoms with Crippen molar-refractivity contribution in [2.75, 3.05) is 39.8 Å². The summed E-state index contributed by atoms with van der Waals surface area (Å²) < 4.78 is 31.6. The van der Waals surface area contributed by atoms with Crippen molar-refractivity contribution >= 4 is 22.0 Å². The van der Waals surface area contributed by atoms with Crippen LogP contribution in [0, 0.1) is 5.92 Å². The molecule has 0 radical (unpaired) electrons. The summed E-state index contributed by atoms with van der Waals surface area (Å²) in [5.41, 5.74) is 0.795. The molecule has 2 aliphatic heterocycles. The van der Waals surface area contributed by atoms with Gasteiger partial charge in [0.25, 0.3) is 0 Å². The molecule has 166 valence electrons. The van der Waals surface area contributed by atoms with Crippen molar-refractivity contribution in [3.05, 3.63) is 35.9 Å². The number of hydrogen-bond donors (Lipinski definition) is 1. The second-order valence-corrected chi connectivity index (χ2v) is 10.2. The van der Waals surface area contributed by atoms with Crippen LogP contribution in [0.2, 0.25) is 0 Å². The van der Waals surface area contributed by atoms with Crippen LogP contribution in [0.5, 0.6) is 0 Å². The van der Waals surface area contributed by atoms with Crippen molar-refractivity contribution in [3.8, 4) is 0 Å². The summed E-state index contributed by atoms with van der Waals surface area (Å²) in [6.45, 7) is 8.87. The highest BCUT2D eigenvalue weighted by atomic mass is 32.2. The normalized spacial score (nSPS) is 24.4. The Hall–Kier alpha value is -1.74. The Balaban J connectivity index is 1.47. The van der Waals surface area contributed by atoms with Gasteiger partial charge in [-0.15, -0.1) is 0 Å². The van der Waals surface area contributed by atoms with Crippen molar-refractivity contribution in [1.29, 1.82) is 0 Å². The lowest BCUT2D eigenvalue weighted by molar-refractivity contribution is -0.127. The van der Waals surface area contributed by atoms with Gasteiger partial charge < -0.3 is 9.64 Å². The minimum atomic E-state index is -3.45. The number of likely N-dealkylation sites (tertiary alicyclic amines) is 1. The number of ether oxygens (including phenoxy) is 1. The van der Waals surface area contributed by atoms with E-state index in [1.807, 2.05) is 4.90 Å². The number of carbonyl (C=O) groups is 1. The Kier molecular flexibility index (Phi) is 7.68. The largest absolute Gasteiger partial charge is 0.373 e. The molecule has 1 amide bonds. The van der Waals surface area contributed by atoms with Crippen LogP contribution in [-0.4, -0.2) is 76.1 Å². The summed E-state index contributed by atoms with van der Waals surface area (Å²) >= 11 is 0. The highest BCUT2D eigenvalue weighted by Gasteiger charge is 2.27. The Morgan fingerprint density at radius 1 is 1.13 bits per heavy atom. The number of carbonyl (C=O) groups excluding carboxylic acids is 1. The second-order valence-electron chi connectivity index (χ2n) is 8.35. The lowest BCUT2D eigenvalue weighted by atomic mass is 9.95. The summed E-state index contributed by atoms with van der Waals surface area (Å²) in [6.07, 6.45) is 5.93. The number of hydrogen-bond acceptors (Lipinski definition) is 5. The van der Waals surface area contributed by atoms with Crippen LogP contribution >= 0.6 is 0 Å². The second kappa shape index (κ2) is 10.0. The predicted octanol–water partition coefficient (Wildman–Crippen LogP) is 1.96. The van der Waals surface area contributed by atoms with Crippen LogP contribution < -0.4 is 4.72 Å². The van der Waals surface area contributed by atoms with Crippen molar-refractivity contribution < 1.29 is 17.9 Å². The lowest BCUT2D eigenvalue weighted by Crippen LogP contribution is -2.48. The highest BCUT2D eigenvalue weighted by Crippen LogP contribution is 2.21. The van der Waals surface area contributed by atoms with Gasteiger partial charge >= 0.3 is 0 Å².